The van der Waals surface area contributed by atoms with Gasteiger partial charge < -0.3 is 0 Å². The molecule has 1 fully saturated rings. The molecule has 0 spiro atoms. The molecule has 0 N–H and O–H groups in total. The molecule has 1 radical (unpaired) electrons. The van der Waals surface area contributed by atoms with Gasteiger partial charge in [0.15, 0.2) is 0 Å². The molecule has 0 unspecified atom stereocenters. The van der Waals surface area contributed by atoms with Crippen LogP contribution in [0.25, 0.3) is 0 Å². The Kier molecular flexibility index (Phi) is 5.16. The summed E-state index contributed by atoms with van der Waals surface area (Å²) in [6.45, 7) is 13.9. The van der Waals surface area contributed by atoms with Crippen LogP contribution < -0.4 is 10.6 Å². The molecule has 3 rings (SSSR count). The summed E-state index contributed by atoms with van der Waals surface area (Å²) in [5.41, 5.74) is 0.0799. The molecule has 1 aliphatic rings. The summed E-state index contributed by atoms with van der Waals surface area (Å²) in [6, 6.07) is 22.0. The summed E-state index contributed by atoms with van der Waals surface area (Å²) in [7, 11) is 5.30. The van der Waals surface area contributed by atoms with Crippen LogP contribution in [-0.2, 0) is 0 Å². The zero-order chi connectivity index (χ0) is 18.5. The van der Waals surface area contributed by atoms with E-state index < -0.39 is 21.4 Å². The van der Waals surface area contributed by atoms with Crippen molar-refractivity contribution in [3.63, 3.8) is 0 Å². The zero-order valence-corrected chi connectivity index (χ0v) is 19.7. The van der Waals surface area contributed by atoms with Gasteiger partial charge in [0.25, 0.3) is 0 Å². The van der Waals surface area contributed by atoms with Gasteiger partial charge in [-0.1, -0.05) is 0 Å². The summed E-state index contributed by atoms with van der Waals surface area (Å²) >= 11 is -2.05. The summed E-state index contributed by atoms with van der Waals surface area (Å²) in [6.07, 6.45) is 0. The molecule has 1 heterocycles. The number of benzene rings is 2. The van der Waals surface area contributed by atoms with Gasteiger partial charge in [-0.25, -0.2) is 0 Å². The Morgan fingerprint density at radius 2 is 1.00 bits per heavy atom. The van der Waals surface area contributed by atoms with Crippen molar-refractivity contribution in [2.24, 2.45) is 0 Å². The van der Waals surface area contributed by atoms with Crippen LogP contribution in [0.1, 0.15) is 41.5 Å². The third kappa shape index (κ3) is 3.11. The maximum absolute atomic E-state index is 7.18. The molecule has 5 heteroatoms. The average Bonchev–Trinajstić information content (AvgIpc) is 2.51. The molecule has 0 aromatic heterocycles. The molecule has 25 heavy (non-hydrogen) atoms. The van der Waals surface area contributed by atoms with E-state index in [1.165, 1.54) is 10.6 Å². The van der Waals surface area contributed by atoms with Crippen LogP contribution in [0.3, 0.4) is 0 Å². The third-order valence-electron chi connectivity index (χ3n) is 4.43. The van der Waals surface area contributed by atoms with Crippen molar-refractivity contribution in [1.29, 1.82) is 0 Å². The Bertz CT molecular complexity index is 661. The fourth-order valence-corrected chi connectivity index (χ4v) is 24.1. The average molecular weight is 435 g/mol. The van der Waals surface area contributed by atoms with Crippen molar-refractivity contribution in [3.8, 4) is 0 Å². The molecule has 0 atom stereocenters. The second-order valence-corrected chi connectivity index (χ2v) is 17.9. The van der Waals surface area contributed by atoms with E-state index in [1.54, 1.807) is 0 Å². The Labute approximate surface area is 162 Å². The summed E-state index contributed by atoms with van der Waals surface area (Å²) in [5, 5.41) is 2.81. The first-order valence-electron chi connectivity index (χ1n) is 8.75. The van der Waals surface area contributed by atoms with Crippen LogP contribution in [0, 0.1) is 0 Å². The van der Waals surface area contributed by atoms with Gasteiger partial charge in [0.2, 0.25) is 0 Å². The molecule has 1 saturated heterocycles. The monoisotopic (exact) mass is 436 g/mol. The van der Waals surface area contributed by atoms with E-state index in [1.807, 2.05) is 0 Å². The normalized spacial score (nSPS) is 19.6. The van der Waals surface area contributed by atoms with Crippen molar-refractivity contribution in [2.75, 3.05) is 0 Å². The molecule has 0 amide bonds. The molecule has 1 aliphatic heterocycles. The Morgan fingerprint density at radius 1 is 0.680 bits per heavy atom. The van der Waals surface area contributed by atoms with E-state index in [9.17, 15) is 0 Å². The first kappa shape index (κ1) is 19.4. The second-order valence-electron chi connectivity index (χ2n) is 8.51. The van der Waals surface area contributed by atoms with Gasteiger partial charge in [-0.05, 0) is 0 Å². The van der Waals surface area contributed by atoms with E-state index in [0.29, 0.717) is 0 Å². The van der Waals surface area contributed by atoms with Gasteiger partial charge >= 0.3 is 163 Å². The Hall–Kier alpha value is -0.377. The van der Waals surface area contributed by atoms with E-state index in [0.717, 1.165) is 0 Å². The minimum absolute atomic E-state index is 0.0400. The zero-order valence-electron chi connectivity index (χ0n) is 16.0. The van der Waals surface area contributed by atoms with Crippen LogP contribution in [0.15, 0.2) is 60.7 Å². The molecular weight excluding hydrogens is 407 g/mol. The molecule has 133 valence electrons. The Balaban J connectivity index is 2.33. The van der Waals surface area contributed by atoms with Gasteiger partial charge in [-0.2, -0.15) is 0 Å². The van der Waals surface area contributed by atoms with Gasteiger partial charge in [0, 0.05) is 0 Å². The number of nitrogens with zero attached hydrogens (tertiary/aromatic N) is 2. The van der Waals surface area contributed by atoms with Crippen LogP contribution in [0.2, 0.25) is 0 Å². The van der Waals surface area contributed by atoms with Crippen molar-refractivity contribution in [3.05, 3.63) is 60.7 Å². The van der Waals surface area contributed by atoms with Crippen LogP contribution in [-0.4, -0.2) is 32.2 Å². The fourth-order valence-electron chi connectivity index (χ4n) is 3.68. The molecule has 0 saturated carbocycles. The molecule has 0 bridgehead atoms. The van der Waals surface area contributed by atoms with Crippen LogP contribution in [0.4, 0.5) is 0 Å². The predicted molar refractivity (Wildman–Crippen MR) is 114 cm³/mol. The fraction of sp³-hybridized carbons (Fsp3) is 0.400. The van der Waals surface area contributed by atoms with Crippen molar-refractivity contribution in [2.45, 2.75) is 52.6 Å². The first-order valence-corrected chi connectivity index (χ1v) is 15.1. The molecule has 2 aromatic rings. The van der Waals surface area contributed by atoms with E-state index in [2.05, 4.69) is 109 Å². The van der Waals surface area contributed by atoms with E-state index >= 15 is 0 Å². The van der Waals surface area contributed by atoms with Crippen LogP contribution in [0.5, 0.6) is 0 Å². The number of halogens is 1. The van der Waals surface area contributed by atoms with E-state index in [4.69, 9.17) is 10.0 Å². The quantitative estimate of drug-likeness (QED) is 0.488. The van der Waals surface area contributed by atoms with Gasteiger partial charge in [-0.15, -0.1) is 0 Å². The van der Waals surface area contributed by atoms with Crippen molar-refractivity contribution >= 4 is 42.0 Å². The van der Waals surface area contributed by atoms with Gasteiger partial charge in [-0.3, -0.25) is 0 Å². The summed E-state index contributed by atoms with van der Waals surface area (Å²) in [4.78, 5) is 0. The maximum atomic E-state index is 7.18. The molecule has 2 nitrogen and oxygen atoms in total. The Morgan fingerprint density at radius 3 is 1.28 bits per heavy atom. The number of rotatable bonds is 2. The summed E-state index contributed by atoms with van der Waals surface area (Å²) in [5.74, 6) is 0. The van der Waals surface area contributed by atoms with Gasteiger partial charge in [0.1, 0.15) is 0 Å². The van der Waals surface area contributed by atoms with Gasteiger partial charge in [0.05, 0.1) is 0 Å². The molecular formula is C20H28ClGeN2P+. The minimum atomic E-state index is -2.05. The third-order valence-corrected chi connectivity index (χ3v) is 21.7. The summed E-state index contributed by atoms with van der Waals surface area (Å²) < 4.78 is 5.41. The van der Waals surface area contributed by atoms with Crippen LogP contribution >= 0.6 is 17.6 Å². The SMILES string of the molecule is CC(C)(C)[N]1[Ge]([Cl])[N](C(C)(C)C)[P+]1(c1ccccc1)c1ccccc1. The molecule has 2 aromatic carbocycles. The van der Waals surface area contributed by atoms with Crippen molar-refractivity contribution < 1.29 is 0 Å². The van der Waals surface area contributed by atoms with Crippen molar-refractivity contribution in [1.82, 2.24) is 7.26 Å². The number of hydrogen-bond donors (Lipinski definition) is 0. The second kappa shape index (κ2) is 6.65. The predicted octanol–water partition coefficient (Wildman–Crippen LogP) is 4.92. The van der Waals surface area contributed by atoms with E-state index in [-0.39, 0.29) is 11.1 Å². The standard InChI is InChI=1S/C20H28ClGeN2P/c1-19(2,3)23-22(21)24(20(4,5)6)25(23,17-13-9-7-10-14-17)18-15-11-8-12-16-18/h7-16H,1-6H3/q+1. The number of hydrogen-bond acceptors (Lipinski definition) is 2. The molecule has 0 aliphatic carbocycles. The first-order chi connectivity index (χ1) is 11.6. The topological polar surface area (TPSA) is 6.48 Å².